The largest absolute Gasteiger partial charge is 0.449 e. The van der Waals surface area contributed by atoms with E-state index in [9.17, 15) is 9.59 Å². The normalized spacial score (nSPS) is 15.2. The van der Waals surface area contributed by atoms with Gasteiger partial charge < -0.3 is 9.64 Å². The minimum Gasteiger partial charge on any atom is -0.449 e. The fourth-order valence-electron chi connectivity index (χ4n) is 2.45. The van der Waals surface area contributed by atoms with Gasteiger partial charge in [-0.15, -0.1) is 22.7 Å². The minimum atomic E-state index is -0.863. The second-order valence-corrected chi connectivity index (χ2v) is 8.45. The second-order valence-electron chi connectivity index (χ2n) is 5.16. The lowest BCUT2D eigenvalue weighted by atomic mass is 10.1. The van der Waals surface area contributed by atoms with Gasteiger partial charge in [-0.1, -0.05) is 23.2 Å². The first-order chi connectivity index (χ1) is 11.0. The van der Waals surface area contributed by atoms with E-state index in [1.807, 2.05) is 11.4 Å². The molecule has 0 fully saturated rings. The summed E-state index contributed by atoms with van der Waals surface area (Å²) in [5.74, 6) is -0.833. The molecule has 8 heteroatoms. The highest BCUT2D eigenvalue weighted by Crippen LogP contribution is 2.32. The molecule has 3 heterocycles. The Kier molecular flexibility index (Phi) is 4.96. The third kappa shape index (κ3) is 3.55. The van der Waals surface area contributed by atoms with Crippen molar-refractivity contribution < 1.29 is 14.3 Å². The molecular formula is C15H13Cl2NO3S2. The van der Waals surface area contributed by atoms with Crippen LogP contribution in [0.3, 0.4) is 0 Å². The molecule has 1 aliphatic heterocycles. The zero-order valence-electron chi connectivity index (χ0n) is 12.2. The highest BCUT2D eigenvalue weighted by Gasteiger charge is 2.28. The Morgan fingerprint density at radius 2 is 2.17 bits per heavy atom. The lowest BCUT2D eigenvalue weighted by molar-refractivity contribution is -0.140. The van der Waals surface area contributed by atoms with Gasteiger partial charge in [0.15, 0.2) is 6.10 Å². The number of rotatable bonds is 3. The molecule has 0 saturated heterocycles. The van der Waals surface area contributed by atoms with Gasteiger partial charge in [0.05, 0.1) is 9.90 Å². The van der Waals surface area contributed by atoms with Crippen molar-refractivity contribution in [3.8, 4) is 0 Å². The highest BCUT2D eigenvalue weighted by atomic mass is 35.5. The molecule has 4 nitrogen and oxygen atoms in total. The van der Waals surface area contributed by atoms with Crippen LogP contribution in [0.4, 0.5) is 0 Å². The van der Waals surface area contributed by atoms with Crippen molar-refractivity contribution in [2.45, 2.75) is 26.0 Å². The summed E-state index contributed by atoms with van der Waals surface area (Å²) >= 11 is 14.6. The van der Waals surface area contributed by atoms with Crippen LogP contribution in [0.2, 0.25) is 8.67 Å². The summed E-state index contributed by atoms with van der Waals surface area (Å²) < 4.78 is 5.92. The van der Waals surface area contributed by atoms with Crippen LogP contribution in [0.5, 0.6) is 0 Å². The van der Waals surface area contributed by atoms with Gasteiger partial charge in [0.1, 0.15) is 4.34 Å². The van der Waals surface area contributed by atoms with Gasteiger partial charge in [-0.3, -0.25) is 4.79 Å². The Morgan fingerprint density at radius 3 is 2.87 bits per heavy atom. The number of hydrogen-bond donors (Lipinski definition) is 0. The molecule has 0 N–H and O–H groups in total. The lowest BCUT2D eigenvalue weighted by Crippen LogP contribution is -2.42. The quantitative estimate of drug-likeness (QED) is 0.737. The van der Waals surface area contributed by atoms with Crippen molar-refractivity contribution in [3.63, 3.8) is 0 Å². The molecule has 0 spiro atoms. The Balaban J connectivity index is 1.64. The van der Waals surface area contributed by atoms with Crippen molar-refractivity contribution in [1.82, 2.24) is 4.90 Å². The molecule has 1 atom stereocenters. The SMILES string of the molecule is CC(OC(=O)c1cc(Cl)sc1Cl)C(=O)N1CCc2sccc2C1. The highest BCUT2D eigenvalue weighted by molar-refractivity contribution is 7.20. The second kappa shape index (κ2) is 6.81. The van der Waals surface area contributed by atoms with E-state index in [2.05, 4.69) is 0 Å². The van der Waals surface area contributed by atoms with E-state index < -0.39 is 12.1 Å². The topological polar surface area (TPSA) is 46.6 Å². The lowest BCUT2D eigenvalue weighted by Gasteiger charge is -2.29. The fraction of sp³-hybridized carbons (Fsp3) is 0.333. The molecule has 122 valence electrons. The first kappa shape index (κ1) is 16.8. The number of amides is 1. The maximum atomic E-state index is 12.5. The van der Waals surface area contributed by atoms with Crippen LogP contribution in [0.25, 0.3) is 0 Å². The number of nitrogens with zero attached hydrogens (tertiary/aromatic N) is 1. The Morgan fingerprint density at radius 1 is 1.39 bits per heavy atom. The number of fused-ring (bicyclic) bond motifs is 1. The van der Waals surface area contributed by atoms with E-state index in [0.29, 0.717) is 17.4 Å². The van der Waals surface area contributed by atoms with Crippen molar-refractivity contribution in [2.75, 3.05) is 6.54 Å². The molecule has 0 radical (unpaired) electrons. The van der Waals surface area contributed by atoms with E-state index in [-0.39, 0.29) is 15.8 Å². The van der Waals surface area contributed by atoms with Crippen LogP contribution in [-0.4, -0.2) is 29.4 Å². The van der Waals surface area contributed by atoms with E-state index in [0.717, 1.165) is 17.8 Å². The summed E-state index contributed by atoms with van der Waals surface area (Å²) in [6.07, 6.45) is -0.0248. The van der Waals surface area contributed by atoms with Gasteiger partial charge in [-0.05, 0) is 36.4 Å². The number of ether oxygens (including phenoxy) is 1. The molecule has 2 aromatic heterocycles. The van der Waals surface area contributed by atoms with Crippen LogP contribution >= 0.6 is 45.9 Å². The number of esters is 1. The number of halogens is 2. The molecule has 2 aromatic rings. The molecule has 1 aliphatic rings. The number of carbonyl (C=O) groups is 2. The van der Waals surface area contributed by atoms with E-state index >= 15 is 0 Å². The van der Waals surface area contributed by atoms with Crippen LogP contribution in [0.15, 0.2) is 17.5 Å². The van der Waals surface area contributed by atoms with E-state index in [1.165, 1.54) is 16.5 Å². The van der Waals surface area contributed by atoms with Crippen LogP contribution < -0.4 is 0 Å². The average Bonchev–Trinajstić information content (AvgIpc) is 3.11. The third-order valence-electron chi connectivity index (χ3n) is 3.63. The summed E-state index contributed by atoms with van der Waals surface area (Å²) in [6, 6.07) is 3.48. The van der Waals surface area contributed by atoms with Gasteiger partial charge in [0.2, 0.25) is 0 Å². The summed E-state index contributed by atoms with van der Waals surface area (Å²) in [6.45, 7) is 2.77. The monoisotopic (exact) mass is 389 g/mol. The molecule has 0 aliphatic carbocycles. The molecule has 0 aromatic carbocycles. The van der Waals surface area contributed by atoms with Crippen LogP contribution in [0, 0.1) is 0 Å². The Bertz CT molecular complexity index is 756. The van der Waals surface area contributed by atoms with Crippen molar-refractivity contribution in [3.05, 3.63) is 42.2 Å². The molecular weight excluding hydrogens is 377 g/mol. The maximum Gasteiger partial charge on any atom is 0.341 e. The average molecular weight is 390 g/mol. The van der Waals surface area contributed by atoms with Gasteiger partial charge in [0.25, 0.3) is 5.91 Å². The number of thiophene rings is 2. The first-order valence-corrected chi connectivity index (χ1v) is 9.40. The molecule has 3 rings (SSSR count). The van der Waals surface area contributed by atoms with Crippen molar-refractivity contribution in [1.29, 1.82) is 0 Å². The molecule has 23 heavy (non-hydrogen) atoms. The minimum absolute atomic E-state index is 0.195. The predicted octanol–water partition coefficient (Wildman–Crippen LogP) is 4.25. The summed E-state index contributed by atoms with van der Waals surface area (Å²) in [5.41, 5.74) is 1.36. The third-order valence-corrected chi connectivity index (χ3v) is 6.14. The zero-order valence-corrected chi connectivity index (χ0v) is 15.3. The molecule has 1 unspecified atom stereocenters. The summed E-state index contributed by atoms with van der Waals surface area (Å²) in [4.78, 5) is 27.6. The van der Waals surface area contributed by atoms with Crippen LogP contribution in [-0.2, 0) is 22.5 Å². The fourth-order valence-corrected chi connectivity index (χ4v) is 4.78. The molecule has 0 bridgehead atoms. The Hall–Kier alpha value is -1.08. The maximum absolute atomic E-state index is 12.5. The van der Waals surface area contributed by atoms with Gasteiger partial charge in [0, 0.05) is 18.0 Å². The molecule has 1 amide bonds. The Labute approximate surface area is 151 Å². The van der Waals surface area contributed by atoms with E-state index in [1.54, 1.807) is 23.2 Å². The standard InChI is InChI=1S/C15H13Cl2NO3S2/c1-8(21-15(20)10-6-12(16)23-13(10)17)14(19)18-4-2-11-9(7-18)3-5-22-11/h3,5-6,8H,2,4,7H2,1H3. The predicted molar refractivity (Wildman–Crippen MR) is 92.7 cm³/mol. The zero-order chi connectivity index (χ0) is 16.6. The van der Waals surface area contributed by atoms with Crippen LogP contribution in [0.1, 0.15) is 27.7 Å². The molecule has 0 saturated carbocycles. The van der Waals surface area contributed by atoms with Gasteiger partial charge >= 0.3 is 5.97 Å². The number of hydrogen-bond acceptors (Lipinski definition) is 5. The number of carbonyl (C=O) groups excluding carboxylic acids is 2. The van der Waals surface area contributed by atoms with Crippen molar-refractivity contribution >= 4 is 57.8 Å². The first-order valence-electron chi connectivity index (χ1n) is 6.95. The smallest absolute Gasteiger partial charge is 0.341 e. The van der Waals surface area contributed by atoms with E-state index in [4.69, 9.17) is 27.9 Å². The van der Waals surface area contributed by atoms with Crippen molar-refractivity contribution in [2.24, 2.45) is 0 Å². The summed E-state index contributed by atoms with van der Waals surface area (Å²) in [5, 5.41) is 2.03. The summed E-state index contributed by atoms with van der Waals surface area (Å²) in [7, 11) is 0. The van der Waals surface area contributed by atoms with Gasteiger partial charge in [-0.2, -0.15) is 0 Å². The van der Waals surface area contributed by atoms with Gasteiger partial charge in [-0.25, -0.2) is 4.79 Å².